The second-order valence-corrected chi connectivity index (χ2v) is 5.71. The maximum atomic E-state index is 11.3. The van der Waals surface area contributed by atoms with Crippen LogP contribution in [-0.2, 0) is 13.9 Å². The zero-order valence-corrected chi connectivity index (χ0v) is 9.13. The van der Waals surface area contributed by atoms with E-state index in [0.29, 0.717) is 5.57 Å². The number of hydrogen-bond acceptors (Lipinski definition) is 3. The lowest BCUT2D eigenvalue weighted by atomic mass is 10.1. The third kappa shape index (κ3) is 2.67. The van der Waals surface area contributed by atoms with Crippen LogP contribution < -0.4 is 5.32 Å². The predicted octanol–water partition coefficient (Wildman–Crippen LogP) is 0.653. The molecule has 0 aliphatic carbocycles. The number of rotatable bonds is 2. The van der Waals surface area contributed by atoms with Crippen molar-refractivity contribution in [1.82, 2.24) is 5.32 Å². The van der Waals surface area contributed by atoms with Gasteiger partial charge in [-0.25, -0.2) is 0 Å². The molecule has 1 aliphatic heterocycles. The second kappa shape index (κ2) is 3.50. The number of carbonyl (C=O) groups is 1. The van der Waals surface area contributed by atoms with Crippen LogP contribution in [0.3, 0.4) is 0 Å². The first-order chi connectivity index (χ1) is 6.24. The molecule has 14 heavy (non-hydrogen) atoms. The third-order valence-corrected chi connectivity index (χ3v) is 3.57. The van der Waals surface area contributed by atoms with Crippen LogP contribution in [0.4, 0.5) is 0 Å². The van der Waals surface area contributed by atoms with E-state index in [2.05, 4.69) is 11.9 Å². The van der Waals surface area contributed by atoms with Gasteiger partial charge in [0.15, 0.2) is 0 Å². The first-order valence-electron chi connectivity index (χ1n) is 4.18. The van der Waals surface area contributed by atoms with Gasteiger partial charge in [0.2, 0.25) is 5.91 Å². The molecule has 0 aromatic heterocycles. The van der Waals surface area contributed by atoms with Gasteiger partial charge in [-0.1, -0.05) is 6.58 Å². The van der Waals surface area contributed by atoms with Gasteiger partial charge in [0.25, 0.3) is 0 Å². The van der Waals surface area contributed by atoms with Crippen molar-refractivity contribution in [2.24, 2.45) is 0 Å². The first-order valence-corrected chi connectivity index (χ1v) is 5.95. The fourth-order valence-corrected chi connectivity index (χ4v) is 2.86. The minimum Gasteiger partial charge on any atom is -0.344 e. The van der Waals surface area contributed by atoms with E-state index < -0.39 is 13.1 Å². The molecule has 2 N–H and O–H groups in total. The van der Waals surface area contributed by atoms with E-state index in [-0.39, 0.29) is 18.7 Å². The summed E-state index contributed by atoms with van der Waals surface area (Å²) in [4.78, 5) is 20.4. The van der Waals surface area contributed by atoms with Crippen LogP contribution in [0.1, 0.15) is 13.8 Å². The number of carbonyl (C=O) groups excluding carboxylic acids is 1. The number of hydrogen-bond donors (Lipinski definition) is 2. The topological polar surface area (TPSA) is 75.6 Å². The summed E-state index contributed by atoms with van der Waals surface area (Å²) in [5.41, 5.74) is -0.397. The van der Waals surface area contributed by atoms with Crippen molar-refractivity contribution >= 4 is 13.5 Å². The average Bonchev–Trinajstić information content (AvgIpc) is 2.25. The molecule has 0 saturated carbocycles. The molecule has 80 valence electrons. The summed E-state index contributed by atoms with van der Waals surface area (Å²) in [6, 6.07) is 0. The SMILES string of the molecule is C=C(C)C(=O)NC1(C)COP(=O)(O)C1. The Morgan fingerprint density at radius 2 is 2.29 bits per heavy atom. The van der Waals surface area contributed by atoms with E-state index >= 15 is 0 Å². The molecule has 1 amide bonds. The zero-order chi connectivity index (χ0) is 11.0. The first kappa shape index (κ1) is 11.4. The van der Waals surface area contributed by atoms with E-state index in [4.69, 9.17) is 9.42 Å². The maximum absolute atomic E-state index is 11.3. The predicted molar refractivity (Wildman–Crippen MR) is 52.0 cm³/mol. The van der Waals surface area contributed by atoms with E-state index in [1.807, 2.05) is 0 Å². The lowest BCUT2D eigenvalue weighted by molar-refractivity contribution is -0.119. The Morgan fingerprint density at radius 1 is 1.71 bits per heavy atom. The van der Waals surface area contributed by atoms with Crippen LogP contribution >= 0.6 is 7.60 Å². The summed E-state index contributed by atoms with van der Waals surface area (Å²) < 4.78 is 15.8. The molecular formula is C8H14NO4P. The van der Waals surface area contributed by atoms with Crippen LogP contribution in [0, 0.1) is 0 Å². The Morgan fingerprint density at radius 3 is 2.64 bits per heavy atom. The zero-order valence-electron chi connectivity index (χ0n) is 8.24. The number of amides is 1. The lowest BCUT2D eigenvalue weighted by Crippen LogP contribution is -2.48. The Balaban J connectivity index is 2.66. The van der Waals surface area contributed by atoms with Crippen LogP contribution in [-0.4, -0.2) is 29.1 Å². The summed E-state index contributed by atoms with van der Waals surface area (Å²) in [5.74, 6) is -0.321. The second-order valence-electron chi connectivity index (χ2n) is 3.86. The molecule has 6 heteroatoms. The van der Waals surface area contributed by atoms with Gasteiger partial charge in [-0.15, -0.1) is 0 Å². The van der Waals surface area contributed by atoms with Gasteiger partial charge in [-0.05, 0) is 13.8 Å². The molecular weight excluding hydrogens is 205 g/mol. The van der Waals surface area contributed by atoms with E-state index in [9.17, 15) is 9.36 Å². The molecule has 1 aliphatic rings. The highest BCUT2D eigenvalue weighted by molar-refractivity contribution is 7.53. The van der Waals surface area contributed by atoms with Gasteiger partial charge in [0.05, 0.1) is 18.3 Å². The summed E-state index contributed by atoms with van der Waals surface area (Å²) in [6.45, 7) is 6.78. The highest BCUT2D eigenvalue weighted by Crippen LogP contribution is 2.50. The van der Waals surface area contributed by atoms with Crippen molar-refractivity contribution in [2.45, 2.75) is 19.4 Å². The minimum atomic E-state index is -3.50. The monoisotopic (exact) mass is 219 g/mol. The van der Waals surface area contributed by atoms with Gasteiger partial charge in [0, 0.05) is 5.57 Å². The third-order valence-electron chi connectivity index (χ3n) is 1.94. The normalized spacial score (nSPS) is 36.8. The van der Waals surface area contributed by atoms with E-state index in [0.717, 1.165) is 0 Å². The molecule has 0 bridgehead atoms. The van der Waals surface area contributed by atoms with Crippen molar-refractivity contribution in [1.29, 1.82) is 0 Å². The van der Waals surface area contributed by atoms with Crippen molar-refractivity contribution < 1.29 is 18.8 Å². The highest BCUT2D eigenvalue weighted by atomic mass is 31.2. The molecule has 1 heterocycles. The molecule has 0 aromatic rings. The Hall–Kier alpha value is -0.640. The fraction of sp³-hybridized carbons (Fsp3) is 0.625. The summed E-state index contributed by atoms with van der Waals surface area (Å²) in [5, 5.41) is 2.61. The molecule has 5 nitrogen and oxygen atoms in total. The van der Waals surface area contributed by atoms with Gasteiger partial charge in [-0.3, -0.25) is 9.36 Å². The molecule has 2 atom stereocenters. The molecule has 1 rings (SSSR count). The van der Waals surface area contributed by atoms with Crippen LogP contribution in [0.5, 0.6) is 0 Å². The van der Waals surface area contributed by atoms with Crippen molar-refractivity contribution in [2.75, 3.05) is 12.8 Å². The molecule has 0 spiro atoms. The van der Waals surface area contributed by atoms with Gasteiger partial charge in [0.1, 0.15) is 0 Å². The van der Waals surface area contributed by atoms with Crippen LogP contribution in [0.15, 0.2) is 12.2 Å². The Kier molecular flexibility index (Phi) is 2.86. The average molecular weight is 219 g/mol. The van der Waals surface area contributed by atoms with Gasteiger partial charge < -0.3 is 14.7 Å². The molecule has 1 saturated heterocycles. The minimum absolute atomic E-state index is 0.0554. The summed E-state index contributed by atoms with van der Waals surface area (Å²) in [7, 11) is -3.50. The Bertz CT molecular complexity index is 327. The largest absolute Gasteiger partial charge is 0.344 e. The molecule has 1 fully saturated rings. The van der Waals surface area contributed by atoms with E-state index in [1.165, 1.54) is 0 Å². The molecule has 0 radical (unpaired) electrons. The summed E-state index contributed by atoms with van der Waals surface area (Å²) in [6.07, 6.45) is -0.0565. The molecule has 2 unspecified atom stereocenters. The van der Waals surface area contributed by atoms with Gasteiger partial charge >= 0.3 is 7.60 Å². The standard InChI is InChI=1S/C8H14NO4P/c1-6(2)7(10)9-8(3)4-13-14(11,12)5-8/h1,4-5H2,2-3H3,(H,9,10)(H,11,12). The van der Waals surface area contributed by atoms with Crippen LogP contribution in [0.2, 0.25) is 0 Å². The summed E-state index contributed by atoms with van der Waals surface area (Å²) >= 11 is 0. The number of nitrogens with one attached hydrogen (secondary N) is 1. The van der Waals surface area contributed by atoms with Crippen molar-refractivity contribution in [3.05, 3.63) is 12.2 Å². The Labute approximate surface area is 82.7 Å². The van der Waals surface area contributed by atoms with Crippen LogP contribution in [0.25, 0.3) is 0 Å². The smallest absolute Gasteiger partial charge is 0.330 e. The maximum Gasteiger partial charge on any atom is 0.330 e. The quantitative estimate of drug-likeness (QED) is 0.528. The van der Waals surface area contributed by atoms with Crippen molar-refractivity contribution in [3.63, 3.8) is 0 Å². The lowest BCUT2D eigenvalue weighted by Gasteiger charge is -2.22. The fourth-order valence-electron chi connectivity index (χ4n) is 1.23. The van der Waals surface area contributed by atoms with E-state index in [1.54, 1.807) is 13.8 Å². The van der Waals surface area contributed by atoms with Gasteiger partial charge in [-0.2, -0.15) is 0 Å². The highest BCUT2D eigenvalue weighted by Gasteiger charge is 2.43. The van der Waals surface area contributed by atoms with Crippen molar-refractivity contribution in [3.8, 4) is 0 Å². The molecule has 0 aromatic carbocycles.